The number of benzene rings is 1. The molecule has 1 amide bonds. The maximum atomic E-state index is 13.1. The van der Waals surface area contributed by atoms with E-state index in [1.54, 1.807) is 0 Å². The lowest BCUT2D eigenvalue weighted by atomic mass is 10.1. The van der Waals surface area contributed by atoms with Gasteiger partial charge in [0.05, 0.1) is 4.92 Å². The molecule has 21 heavy (non-hydrogen) atoms. The molecule has 0 radical (unpaired) electrons. The Balaban J connectivity index is 3.19. The van der Waals surface area contributed by atoms with Gasteiger partial charge in [0.15, 0.2) is 0 Å². The summed E-state index contributed by atoms with van der Waals surface area (Å²) in [6, 6.07) is 1.98. The fourth-order valence-electron chi connectivity index (χ4n) is 1.58. The molecular weight excluding hydrogens is 320 g/mol. The largest absolute Gasteiger partial charge is 0.406 e. The number of halogens is 5. The highest BCUT2D eigenvalue weighted by Crippen LogP contribution is 2.24. The smallest absolute Gasteiger partial charge is 0.328 e. The summed E-state index contributed by atoms with van der Waals surface area (Å²) in [6.07, 6.45) is -4.70. The molecule has 0 N–H and O–H groups in total. The van der Waals surface area contributed by atoms with Gasteiger partial charge in [-0.1, -0.05) is 0 Å². The van der Waals surface area contributed by atoms with Crippen LogP contribution >= 0.6 is 11.6 Å². The van der Waals surface area contributed by atoms with Crippen LogP contribution in [0, 0.1) is 15.9 Å². The summed E-state index contributed by atoms with van der Waals surface area (Å²) in [5.74, 6) is -2.58. The Labute approximate surface area is 121 Å². The Morgan fingerprint density at radius 3 is 2.48 bits per heavy atom. The predicted molar refractivity (Wildman–Crippen MR) is 65.7 cm³/mol. The van der Waals surface area contributed by atoms with Gasteiger partial charge in [0, 0.05) is 18.5 Å². The van der Waals surface area contributed by atoms with E-state index in [2.05, 4.69) is 0 Å². The van der Waals surface area contributed by atoms with Crippen LogP contribution in [0.4, 0.5) is 23.2 Å². The summed E-state index contributed by atoms with van der Waals surface area (Å²) >= 11 is 5.32. The SMILES string of the molecule is O=C(c1cc(F)ccc1[N+](=O)[O-])N(CCCl)CC(F)(F)F. The first kappa shape index (κ1) is 17.2. The van der Waals surface area contributed by atoms with Crippen molar-refractivity contribution in [3.8, 4) is 0 Å². The number of hydrogen-bond donors (Lipinski definition) is 0. The van der Waals surface area contributed by atoms with E-state index in [1.807, 2.05) is 0 Å². The molecule has 0 unspecified atom stereocenters. The maximum absolute atomic E-state index is 13.1. The number of nitrogens with zero attached hydrogens (tertiary/aromatic N) is 2. The average molecular weight is 329 g/mol. The van der Waals surface area contributed by atoms with E-state index in [0.29, 0.717) is 6.07 Å². The Kier molecular flexibility index (Phi) is 5.47. The molecule has 0 aromatic heterocycles. The monoisotopic (exact) mass is 328 g/mol. The lowest BCUT2D eigenvalue weighted by Gasteiger charge is -2.23. The van der Waals surface area contributed by atoms with Crippen LogP contribution in [0.5, 0.6) is 0 Å². The zero-order valence-corrected chi connectivity index (χ0v) is 11.1. The van der Waals surface area contributed by atoms with Crippen LogP contribution in [0.25, 0.3) is 0 Å². The summed E-state index contributed by atoms with van der Waals surface area (Å²) in [5, 5.41) is 10.8. The standard InChI is InChI=1S/C11H9ClF4N2O3/c12-3-4-17(6-11(14,15)16)10(19)8-5-7(13)1-2-9(8)18(20)21/h1-2,5H,3-4,6H2. The maximum Gasteiger partial charge on any atom is 0.406 e. The van der Waals surface area contributed by atoms with Gasteiger partial charge in [0.25, 0.3) is 11.6 Å². The summed E-state index contributed by atoms with van der Waals surface area (Å²) < 4.78 is 50.3. The molecule has 0 saturated heterocycles. The molecule has 10 heteroatoms. The average Bonchev–Trinajstić information content (AvgIpc) is 2.35. The van der Waals surface area contributed by atoms with Crippen LogP contribution < -0.4 is 0 Å². The van der Waals surface area contributed by atoms with E-state index >= 15 is 0 Å². The molecule has 0 spiro atoms. The van der Waals surface area contributed by atoms with Crippen LogP contribution in [-0.2, 0) is 0 Å². The van der Waals surface area contributed by atoms with Crippen molar-refractivity contribution < 1.29 is 27.3 Å². The van der Waals surface area contributed by atoms with E-state index in [-0.39, 0.29) is 10.8 Å². The van der Waals surface area contributed by atoms with Gasteiger partial charge in [-0.05, 0) is 12.1 Å². The van der Waals surface area contributed by atoms with Crippen LogP contribution in [0.3, 0.4) is 0 Å². The molecule has 0 heterocycles. The Bertz CT molecular complexity index is 551. The number of alkyl halides is 4. The van der Waals surface area contributed by atoms with Crippen LogP contribution in [0.1, 0.15) is 10.4 Å². The molecule has 0 bridgehead atoms. The molecule has 1 aromatic rings. The van der Waals surface area contributed by atoms with Crippen molar-refractivity contribution in [1.82, 2.24) is 4.90 Å². The lowest BCUT2D eigenvalue weighted by Crippen LogP contribution is -2.40. The third kappa shape index (κ3) is 4.85. The van der Waals surface area contributed by atoms with Gasteiger partial charge in [-0.3, -0.25) is 14.9 Å². The summed E-state index contributed by atoms with van der Waals surface area (Å²) in [6.45, 7) is -2.11. The third-order valence-corrected chi connectivity index (χ3v) is 2.57. The first-order valence-electron chi connectivity index (χ1n) is 5.51. The van der Waals surface area contributed by atoms with Gasteiger partial charge >= 0.3 is 6.18 Å². The van der Waals surface area contributed by atoms with Crippen LogP contribution in [0.15, 0.2) is 18.2 Å². The number of amides is 1. The molecule has 5 nitrogen and oxygen atoms in total. The Hall–Kier alpha value is -1.90. The first-order valence-corrected chi connectivity index (χ1v) is 6.05. The second-order valence-electron chi connectivity index (χ2n) is 3.95. The van der Waals surface area contributed by atoms with Crippen molar-refractivity contribution >= 4 is 23.2 Å². The van der Waals surface area contributed by atoms with Crippen molar-refractivity contribution in [2.75, 3.05) is 19.0 Å². The molecular formula is C11H9ClF4N2O3. The summed E-state index contributed by atoms with van der Waals surface area (Å²) in [7, 11) is 0. The highest BCUT2D eigenvalue weighted by Gasteiger charge is 2.35. The quantitative estimate of drug-likeness (QED) is 0.361. The number of hydrogen-bond acceptors (Lipinski definition) is 3. The van der Waals surface area contributed by atoms with E-state index in [9.17, 15) is 32.5 Å². The second-order valence-corrected chi connectivity index (χ2v) is 4.33. The van der Waals surface area contributed by atoms with Crippen LogP contribution in [-0.4, -0.2) is 40.9 Å². The van der Waals surface area contributed by atoms with Gasteiger partial charge in [0.1, 0.15) is 17.9 Å². The first-order chi connectivity index (χ1) is 9.65. The van der Waals surface area contributed by atoms with Gasteiger partial charge in [-0.2, -0.15) is 13.2 Å². The third-order valence-electron chi connectivity index (χ3n) is 2.40. The summed E-state index contributed by atoms with van der Waals surface area (Å²) in [5.41, 5.74) is -1.53. The summed E-state index contributed by atoms with van der Waals surface area (Å²) in [4.78, 5) is 22.1. The van der Waals surface area contributed by atoms with Gasteiger partial charge in [-0.15, -0.1) is 11.6 Å². The zero-order valence-electron chi connectivity index (χ0n) is 10.4. The zero-order chi connectivity index (χ0) is 16.2. The molecule has 0 aliphatic rings. The fraction of sp³-hybridized carbons (Fsp3) is 0.364. The number of carbonyl (C=O) groups is 1. The Morgan fingerprint density at radius 1 is 1.38 bits per heavy atom. The van der Waals surface area contributed by atoms with Gasteiger partial charge in [0.2, 0.25) is 0 Å². The van der Waals surface area contributed by atoms with E-state index in [0.717, 1.165) is 12.1 Å². The highest BCUT2D eigenvalue weighted by atomic mass is 35.5. The number of nitro groups is 1. The Morgan fingerprint density at radius 2 is 2.00 bits per heavy atom. The topological polar surface area (TPSA) is 63.4 Å². The van der Waals surface area contributed by atoms with Gasteiger partial charge in [-0.25, -0.2) is 4.39 Å². The molecule has 0 aliphatic heterocycles. The minimum Gasteiger partial charge on any atom is -0.328 e. The predicted octanol–water partition coefficient (Wildman–Crippen LogP) is 2.98. The molecule has 1 aromatic carbocycles. The van der Waals surface area contributed by atoms with E-state index < -0.39 is 47.2 Å². The lowest BCUT2D eigenvalue weighted by molar-refractivity contribution is -0.385. The molecule has 116 valence electrons. The number of nitro benzene ring substituents is 1. The number of rotatable bonds is 5. The van der Waals surface area contributed by atoms with E-state index in [4.69, 9.17) is 11.6 Å². The van der Waals surface area contributed by atoms with E-state index in [1.165, 1.54) is 0 Å². The molecule has 0 saturated carbocycles. The second kappa shape index (κ2) is 6.70. The van der Waals surface area contributed by atoms with Crippen molar-refractivity contribution in [2.45, 2.75) is 6.18 Å². The van der Waals surface area contributed by atoms with Crippen molar-refractivity contribution in [2.24, 2.45) is 0 Å². The molecule has 0 aliphatic carbocycles. The van der Waals surface area contributed by atoms with Crippen molar-refractivity contribution in [1.29, 1.82) is 0 Å². The molecule has 1 rings (SSSR count). The van der Waals surface area contributed by atoms with Gasteiger partial charge < -0.3 is 4.90 Å². The number of carbonyl (C=O) groups excluding carboxylic acids is 1. The fourth-order valence-corrected chi connectivity index (χ4v) is 1.78. The molecule has 0 atom stereocenters. The molecule has 0 fully saturated rings. The van der Waals surface area contributed by atoms with Crippen LogP contribution in [0.2, 0.25) is 0 Å². The minimum atomic E-state index is -4.70. The highest BCUT2D eigenvalue weighted by molar-refractivity contribution is 6.18. The minimum absolute atomic E-state index is 0.286. The van der Waals surface area contributed by atoms with Crippen molar-refractivity contribution in [3.63, 3.8) is 0 Å². The normalized spacial score (nSPS) is 11.3. The van der Waals surface area contributed by atoms with Crippen molar-refractivity contribution in [3.05, 3.63) is 39.7 Å².